The van der Waals surface area contributed by atoms with Crippen LogP contribution < -0.4 is 5.32 Å². The number of carbonyl (C=O) groups is 1. The predicted molar refractivity (Wildman–Crippen MR) is 46.1 cm³/mol. The van der Waals surface area contributed by atoms with Crippen molar-refractivity contribution in [2.75, 3.05) is 20.1 Å². The molecule has 0 aliphatic rings. The molecule has 64 valence electrons. The van der Waals surface area contributed by atoms with E-state index in [1.807, 2.05) is 7.05 Å². The van der Waals surface area contributed by atoms with Gasteiger partial charge in [-0.2, -0.15) is 0 Å². The number of nitrogens with zero attached hydrogens (tertiary/aromatic N) is 1. The Kier molecular flexibility index (Phi) is 5.47. The first-order chi connectivity index (χ1) is 5.22. The Morgan fingerprint density at radius 3 is 2.73 bits per heavy atom. The second-order valence-electron chi connectivity index (χ2n) is 2.35. The van der Waals surface area contributed by atoms with Gasteiger partial charge in [0.05, 0.1) is 0 Å². The second kappa shape index (κ2) is 5.92. The van der Waals surface area contributed by atoms with Gasteiger partial charge in [0.1, 0.15) is 0 Å². The van der Waals surface area contributed by atoms with Gasteiger partial charge in [-0.25, -0.2) is 0 Å². The lowest BCUT2D eigenvalue weighted by Crippen LogP contribution is -2.25. The molecule has 3 nitrogen and oxygen atoms in total. The molecule has 0 aromatic heterocycles. The summed E-state index contributed by atoms with van der Waals surface area (Å²) in [5.74, 6) is 0.0519. The molecule has 0 bridgehead atoms. The average Bonchev–Trinajstić information content (AvgIpc) is 1.97. The fraction of sp³-hybridized carbons (Fsp3) is 0.625. The monoisotopic (exact) mass is 156 g/mol. The maximum atomic E-state index is 10.8. The minimum Gasteiger partial charge on any atom is -0.320 e. The molecule has 0 aliphatic heterocycles. The molecule has 0 heterocycles. The van der Waals surface area contributed by atoms with Crippen molar-refractivity contribution in [3.05, 3.63) is 12.8 Å². The van der Waals surface area contributed by atoms with Crippen LogP contribution in [-0.2, 0) is 4.79 Å². The third-order valence-electron chi connectivity index (χ3n) is 1.45. The number of amides is 1. The zero-order valence-electron chi connectivity index (χ0n) is 7.26. The molecular weight excluding hydrogens is 140 g/mol. The van der Waals surface area contributed by atoms with Gasteiger partial charge >= 0.3 is 0 Å². The standard InChI is InChI=1S/C8H16N2O/c1-4-10(8(2)11)7-5-6-9-3/h4,9H,1,5-7H2,2-3H3. The Balaban J connectivity index is 3.52. The first kappa shape index (κ1) is 10.2. The number of rotatable bonds is 5. The number of hydrogen-bond acceptors (Lipinski definition) is 2. The second-order valence-corrected chi connectivity index (χ2v) is 2.35. The molecule has 0 unspecified atom stereocenters. The molecule has 0 spiro atoms. The van der Waals surface area contributed by atoms with Crippen molar-refractivity contribution in [3.63, 3.8) is 0 Å². The number of carbonyl (C=O) groups excluding carboxylic acids is 1. The Morgan fingerprint density at radius 2 is 2.36 bits per heavy atom. The van der Waals surface area contributed by atoms with Crippen LogP contribution in [0.4, 0.5) is 0 Å². The van der Waals surface area contributed by atoms with Gasteiger partial charge in [-0.3, -0.25) is 4.79 Å². The van der Waals surface area contributed by atoms with Crippen LogP contribution in [-0.4, -0.2) is 30.9 Å². The van der Waals surface area contributed by atoms with E-state index in [1.54, 1.807) is 18.0 Å². The van der Waals surface area contributed by atoms with Crippen LogP contribution in [0.5, 0.6) is 0 Å². The fourth-order valence-corrected chi connectivity index (χ4v) is 0.803. The van der Waals surface area contributed by atoms with E-state index in [0.717, 1.165) is 19.5 Å². The lowest BCUT2D eigenvalue weighted by molar-refractivity contribution is -0.126. The van der Waals surface area contributed by atoms with E-state index in [1.165, 1.54) is 0 Å². The smallest absolute Gasteiger partial charge is 0.223 e. The molecular formula is C8H16N2O. The zero-order valence-corrected chi connectivity index (χ0v) is 7.26. The van der Waals surface area contributed by atoms with Crippen molar-refractivity contribution in [2.45, 2.75) is 13.3 Å². The van der Waals surface area contributed by atoms with Gasteiger partial charge in [-0.05, 0) is 26.2 Å². The molecule has 11 heavy (non-hydrogen) atoms. The van der Waals surface area contributed by atoms with Gasteiger partial charge < -0.3 is 10.2 Å². The Morgan fingerprint density at radius 1 is 1.73 bits per heavy atom. The number of hydrogen-bond donors (Lipinski definition) is 1. The maximum absolute atomic E-state index is 10.8. The Hall–Kier alpha value is -0.830. The highest BCUT2D eigenvalue weighted by molar-refractivity contribution is 5.74. The first-order valence-electron chi connectivity index (χ1n) is 3.76. The lowest BCUT2D eigenvalue weighted by atomic mass is 10.4. The highest BCUT2D eigenvalue weighted by atomic mass is 16.2. The van der Waals surface area contributed by atoms with Gasteiger partial charge in [0, 0.05) is 13.5 Å². The summed E-state index contributed by atoms with van der Waals surface area (Å²) >= 11 is 0. The molecule has 0 radical (unpaired) electrons. The predicted octanol–water partition coefficient (Wildman–Crippen LogP) is 0.588. The summed E-state index contributed by atoms with van der Waals surface area (Å²) in [5.41, 5.74) is 0. The van der Waals surface area contributed by atoms with E-state index in [4.69, 9.17) is 0 Å². The minimum absolute atomic E-state index is 0.0519. The van der Waals surface area contributed by atoms with Crippen molar-refractivity contribution in [1.82, 2.24) is 10.2 Å². The summed E-state index contributed by atoms with van der Waals surface area (Å²) in [6.45, 7) is 6.77. The SMILES string of the molecule is C=CN(CCCNC)C(C)=O. The van der Waals surface area contributed by atoms with E-state index >= 15 is 0 Å². The topological polar surface area (TPSA) is 32.3 Å². The minimum atomic E-state index is 0.0519. The van der Waals surface area contributed by atoms with Gasteiger partial charge in [-0.15, -0.1) is 0 Å². The average molecular weight is 156 g/mol. The summed E-state index contributed by atoms with van der Waals surface area (Å²) in [6.07, 6.45) is 2.53. The summed E-state index contributed by atoms with van der Waals surface area (Å²) < 4.78 is 0. The molecule has 0 aromatic rings. The zero-order chi connectivity index (χ0) is 8.69. The van der Waals surface area contributed by atoms with Gasteiger partial charge in [0.25, 0.3) is 0 Å². The third kappa shape index (κ3) is 4.56. The molecule has 1 amide bonds. The first-order valence-corrected chi connectivity index (χ1v) is 3.76. The van der Waals surface area contributed by atoms with Crippen molar-refractivity contribution < 1.29 is 4.79 Å². The van der Waals surface area contributed by atoms with Gasteiger partial charge in [0.2, 0.25) is 5.91 Å². The molecule has 0 rings (SSSR count). The summed E-state index contributed by atoms with van der Waals surface area (Å²) in [5, 5.41) is 3.01. The van der Waals surface area contributed by atoms with Gasteiger partial charge in [0.15, 0.2) is 0 Å². The number of nitrogens with one attached hydrogen (secondary N) is 1. The molecule has 0 saturated carbocycles. The van der Waals surface area contributed by atoms with E-state index in [0.29, 0.717) is 0 Å². The van der Waals surface area contributed by atoms with E-state index in [2.05, 4.69) is 11.9 Å². The van der Waals surface area contributed by atoms with Crippen molar-refractivity contribution in [2.24, 2.45) is 0 Å². The maximum Gasteiger partial charge on any atom is 0.223 e. The van der Waals surface area contributed by atoms with Crippen LogP contribution in [0.1, 0.15) is 13.3 Å². The highest BCUT2D eigenvalue weighted by Gasteiger charge is 2.01. The van der Waals surface area contributed by atoms with E-state index in [-0.39, 0.29) is 5.91 Å². The van der Waals surface area contributed by atoms with E-state index in [9.17, 15) is 4.79 Å². The van der Waals surface area contributed by atoms with Crippen LogP contribution in [0, 0.1) is 0 Å². The van der Waals surface area contributed by atoms with Crippen LogP contribution in [0.15, 0.2) is 12.8 Å². The summed E-state index contributed by atoms with van der Waals surface area (Å²) in [7, 11) is 1.89. The Labute approximate surface area is 68.1 Å². The summed E-state index contributed by atoms with van der Waals surface area (Å²) in [4.78, 5) is 12.4. The third-order valence-corrected chi connectivity index (χ3v) is 1.45. The van der Waals surface area contributed by atoms with Crippen LogP contribution >= 0.6 is 0 Å². The lowest BCUT2D eigenvalue weighted by Gasteiger charge is -2.14. The molecule has 0 fully saturated rings. The van der Waals surface area contributed by atoms with Crippen molar-refractivity contribution >= 4 is 5.91 Å². The fourth-order valence-electron chi connectivity index (χ4n) is 0.803. The molecule has 0 atom stereocenters. The van der Waals surface area contributed by atoms with Crippen molar-refractivity contribution in [1.29, 1.82) is 0 Å². The van der Waals surface area contributed by atoms with Crippen molar-refractivity contribution in [3.8, 4) is 0 Å². The Bertz CT molecular complexity index is 134. The summed E-state index contributed by atoms with van der Waals surface area (Å²) in [6, 6.07) is 0. The van der Waals surface area contributed by atoms with Crippen LogP contribution in [0.3, 0.4) is 0 Å². The molecule has 3 heteroatoms. The molecule has 0 aromatic carbocycles. The van der Waals surface area contributed by atoms with Crippen LogP contribution in [0.25, 0.3) is 0 Å². The molecule has 0 saturated heterocycles. The van der Waals surface area contributed by atoms with Gasteiger partial charge in [-0.1, -0.05) is 6.58 Å². The quantitative estimate of drug-likeness (QED) is 0.591. The normalized spacial score (nSPS) is 9.27. The molecule has 0 aliphatic carbocycles. The molecule has 1 N–H and O–H groups in total. The van der Waals surface area contributed by atoms with Crippen LogP contribution in [0.2, 0.25) is 0 Å². The highest BCUT2D eigenvalue weighted by Crippen LogP contribution is 1.91. The van der Waals surface area contributed by atoms with E-state index < -0.39 is 0 Å². The largest absolute Gasteiger partial charge is 0.320 e.